The van der Waals surface area contributed by atoms with Gasteiger partial charge in [0.1, 0.15) is 0 Å². The number of piperidine rings is 1. The molecule has 1 heterocycles. The summed E-state index contributed by atoms with van der Waals surface area (Å²) in [4.78, 5) is 2.46. The summed E-state index contributed by atoms with van der Waals surface area (Å²) in [5.74, 6) is 1.70. The van der Waals surface area contributed by atoms with Crippen molar-refractivity contribution in [1.82, 2.24) is 0 Å². The molecule has 0 bridgehead atoms. The van der Waals surface area contributed by atoms with Crippen molar-refractivity contribution in [3.8, 4) is 0 Å². The molecule has 1 aliphatic heterocycles. The molecule has 0 unspecified atom stereocenters. The number of anilines is 2. The van der Waals surface area contributed by atoms with Crippen LogP contribution >= 0.6 is 15.9 Å². The molecule has 17 heavy (non-hydrogen) atoms. The van der Waals surface area contributed by atoms with Crippen molar-refractivity contribution in [2.75, 3.05) is 23.7 Å². The first kappa shape index (κ1) is 12.7. The molecule has 0 amide bonds. The fourth-order valence-electron chi connectivity index (χ4n) is 2.59. The van der Waals surface area contributed by atoms with Gasteiger partial charge in [0.2, 0.25) is 0 Å². The molecule has 2 nitrogen and oxygen atoms in total. The predicted octanol–water partition coefficient (Wildman–Crippen LogP) is 3.90. The van der Waals surface area contributed by atoms with Crippen molar-refractivity contribution in [3.63, 3.8) is 0 Å². The lowest BCUT2D eigenvalue weighted by molar-refractivity contribution is 0.311. The number of nitrogens with zero attached hydrogens (tertiary/aromatic N) is 1. The van der Waals surface area contributed by atoms with Crippen LogP contribution in [-0.2, 0) is 0 Å². The van der Waals surface area contributed by atoms with E-state index in [2.05, 4.69) is 40.7 Å². The zero-order chi connectivity index (χ0) is 12.4. The maximum atomic E-state index is 5.77. The first-order valence-corrected chi connectivity index (χ1v) is 7.17. The van der Waals surface area contributed by atoms with E-state index >= 15 is 0 Å². The summed E-state index contributed by atoms with van der Waals surface area (Å²) < 4.78 is 1.11. The molecule has 94 valence electrons. The second kappa shape index (κ2) is 5.30. The van der Waals surface area contributed by atoms with Gasteiger partial charge >= 0.3 is 0 Å². The summed E-state index contributed by atoms with van der Waals surface area (Å²) in [6, 6.07) is 6.09. The van der Waals surface area contributed by atoms with Crippen LogP contribution in [0.25, 0.3) is 0 Å². The molecule has 0 spiro atoms. The van der Waals surface area contributed by atoms with Crippen molar-refractivity contribution in [2.45, 2.75) is 26.7 Å². The molecular weight excluding hydrogens is 276 g/mol. The Morgan fingerprint density at radius 1 is 1.29 bits per heavy atom. The van der Waals surface area contributed by atoms with Gasteiger partial charge in [-0.15, -0.1) is 0 Å². The highest BCUT2D eigenvalue weighted by Gasteiger charge is 2.22. The van der Waals surface area contributed by atoms with Crippen molar-refractivity contribution in [2.24, 2.45) is 11.8 Å². The highest BCUT2D eigenvalue weighted by molar-refractivity contribution is 9.10. The lowest BCUT2D eigenvalue weighted by atomic mass is 9.86. The topological polar surface area (TPSA) is 29.3 Å². The molecular formula is C14H21BrN2. The summed E-state index contributed by atoms with van der Waals surface area (Å²) in [6.07, 6.45) is 2.60. The molecule has 3 heteroatoms. The molecule has 0 aromatic heterocycles. The second-order valence-corrected chi connectivity index (χ2v) is 6.13. The summed E-state index contributed by atoms with van der Waals surface area (Å²) >= 11 is 3.61. The van der Waals surface area contributed by atoms with Gasteiger partial charge in [-0.3, -0.25) is 0 Å². The minimum Gasteiger partial charge on any atom is -0.399 e. The quantitative estimate of drug-likeness (QED) is 0.839. The van der Waals surface area contributed by atoms with Crippen molar-refractivity contribution in [3.05, 3.63) is 22.7 Å². The monoisotopic (exact) mass is 296 g/mol. The summed E-state index contributed by atoms with van der Waals surface area (Å²) in [5.41, 5.74) is 7.87. The van der Waals surface area contributed by atoms with Crippen LogP contribution in [0, 0.1) is 11.8 Å². The SMILES string of the molecule is CC(C)C1CCN(c2ccc(N)cc2Br)CC1. The predicted molar refractivity (Wildman–Crippen MR) is 78.3 cm³/mol. The van der Waals surface area contributed by atoms with Crippen molar-refractivity contribution >= 4 is 27.3 Å². The largest absolute Gasteiger partial charge is 0.399 e. The first-order chi connectivity index (χ1) is 8.08. The van der Waals surface area contributed by atoms with Gasteiger partial charge in [-0.25, -0.2) is 0 Å². The fraction of sp³-hybridized carbons (Fsp3) is 0.571. The highest BCUT2D eigenvalue weighted by Crippen LogP contribution is 2.33. The van der Waals surface area contributed by atoms with Crippen LogP contribution in [0.3, 0.4) is 0 Å². The molecule has 0 aliphatic carbocycles. The fourth-order valence-corrected chi connectivity index (χ4v) is 3.23. The number of nitrogens with two attached hydrogens (primary N) is 1. The lowest BCUT2D eigenvalue weighted by Gasteiger charge is -2.35. The van der Waals surface area contributed by atoms with Gasteiger partial charge in [-0.1, -0.05) is 13.8 Å². The van der Waals surface area contributed by atoms with Gasteiger partial charge in [0.15, 0.2) is 0 Å². The van der Waals surface area contributed by atoms with E-state index in [0.717, 1.165) is 35.1 Å². The molecule has 2 rings (SSSR count). The van der Waals surface area contributed by atoms with E-state index < -0.39 is 0 Å². The van der Waals surface area contributed by atoms with Gasteiger partial charge in [-0.2, -0.15) is 0 Å². The van der Waals surface area contributed by atoms with E-state index in [1.54, 1.807) is 0 Å². The molecule has 0 saturated carbocycles. The molecule has 0 atom stereocenters. The van der Waals surface area contributed by atoms with Crippen LogP contribution in [0.15, 0.2) is 22.7 Å². The molecule has 0 radical (unpaired) electrons. The Labute approximate surface area is 112 Å². The van der Waals surface area contributed by atoms with E-state index in [-0.39, 0.29) is 0 Å². The first-order valence-electron chi connectivity index (χ1n) is 6.38. The minimum absolute atomic E-state index is 0.812. The summed E-state index contributed by atoms with van der Waals surface area (Å²) in [6.45, 7) is 6.98. The Kier molecular flexibility index (Phi) is 3.97. The van der Waals surface area contributed by atoms with Crippen LogP contribution < -0.4 is 10.6 Å². The Morgan fingerprint density at radius 2 is 1.94 bits per heavy atom. The summed E-state index contributed by atoms with van der Waals surface area (Å²) in [7, 11) is 0. The average molecular weight is 297 g/mol. The Balaban J connectivity index is 2.05. The van der Waals surface area contributed by atoms with E-state index in [1.165, 1.54) is 18.5 Å². The number of hydrogen-bond donors (Lipinski definition) is 1. The summed E-state index contributed by atoms with van der Waals surface area (Å²) in [5, 5.41) is 0. The Morgan fingerprint density at radius 3 is 2.47 bits per heavy atom. The number of nitrogen functional groups attached to an aromatic ring is 1. The van der Waals surface area contributed by atoms with E-state index in [4.69, 9.17) is 5.73 Å². The normalized spacial score (nSPS) is 17.8. The molecule has 1 aliphatic rings. The van der Waals surface area contributed by atoms with Crippen molar-refractivity contribution in [1.29, 1.82) is 0 Å². The standard InChI is InChI=1S/C14H21BrN2/c1-10(2)11-5-7-17(8-6-11)14-4-3-12(16)9-13(14)15/h3-4,9-11H,5-8,16H2,1-2H3. The van der Waals surface area contributed by atoms with Crippen LogP contribution in [0.2, 0.25) is 0 Å². The molecule has 1 aromatic rings. The molecule has 1 fully saturated rings. The maximum Gasteiger partial charge on any atom is 0.0512 e. The van der Waals surface area contributed by atoms with Gasteiger partial charge in [0.05, 0.1) is 5.69 Å². The molecule has 1 saturated heterocycles. The number of halogens is 1. The van der Waals surface area contributed by atoms with E-state index in [9.17, 15) is 0 Å². The minimum atomic E-state index is 0.812. The smallest absolute Gasteiger partial charge is 0.0512 e. The Hall–Kier alpha value is -0.700. The van der Waals surface area contributed by atoms with Crippen LogP contribution in [0.1, 0.15) is 26.7 Å². The lowest BCUT2D eigenvalue weighted by Crippen LogP contribution is -2.35. The van der Waals surface area contributed by atoms with Crippen molar-refractivity contribution < 1.29 is 0 Å². The second-order valence-electron chi connectivity index (χ2n) is 5.28. The number of benzene rings is 1. The third kappa shape index (κ3) is 2.95. The average Bonchev–Trinajstić information content (AvgIpc) is 2.29. The zero-order valence-electron chi connectivity index (χ0n) is 10.6. The van der Waals surface area contributed by atoms with Gasteiger partial charge in [0, 0.05) is 23.2 Å². The van der Waals surface area contributed by atoms with Crippen LogP contribution in [0.4, 0.5) is 11.4 Å². The van der Waals surface area contributed by atoms with Gasteiger partial charge in [-0.05, 0) is 58.8 Å². The van der Waals surface area contributed by atoms with E-state index in [1.807, 2.05) is 12.1 Å². The zero-order valence-corrected chi connectivity index (χ0v) is 12.2. The third-order valence-electron chi connectivity index (χ3n) is 3.79. The third-order valence-corrected chi connectivity index (χ3v) is 4.43. The maximum absolute atomic E-state index is 5.77. The highest BCUT2D eigenvalue weighted by atomic mass is 79.9. The number of rotatable bonds is 2. The van der Waals surface area contributed by atoms with Crippen LogP contribution in [-0.4, -0.2) is 13.1 Å². The van der Waals surface area contributed by atoms with Gasteiger partial charge in [0.25, 0.3) is 0 Å². The number of hydrogen-bond acceptors (Lipinski definition) is 2. The molecule has 2 N–H and O–H groups in total. The van der Waals surface area contributed by atoms with Gasteiger partial charge < -0.3 is 10.6 Å². The Bertz CT molecular complexity index is 382. The molecule has 1 aromatic carbocycles. The van der Waals surface area contributed by atoms with Crippen LogP contribution in [0.5, 0.6) is 0 Å². The van der Waals surface area contributed by atoms with E-state index in [0.29, 0.717) is 0 Å².